The van der Waals surface area contributed by atoms with E-state index in [4.69, 9.17) is 16.3 Å². The zero-order chi connectivity index (χ0) is 14.9. The summed E-state index contributed by atoms with van der Waals surface area (Å²) in [5.74, 6) is 0.664. The molecule has 0 spiro atoms. The fourth-order valence-corrected chi connectivity index (χ4v) is 2.62. The third-order valence-electron chi connectivity index (χ3n) is 3.83. The van der Waals surface area contributed by atoms with E-state index >= 15 is 0 Å². The Labute approximate surface area is 128 Å². The van der Waals surface area contributed by atoms with Crippen LogP contribution < -0.4 is 10.1 Å². The van der Waals surface area contributed by atoms with E-state index in [0.29, 0.717) is 10.6 Å². The van der Waals surface area contributed by atoms with Gasteiger partial charge in [-0.15, -0.1) is 0 Å². The number of methoxy groups -OCH3 is 1. The average Bonchev–Trinajstić information content (AvgIpc) is 3.28. The Morgan fingerprint density at radius 1 is 1.19 bits per heavy atom. The Kier molecular flexibility index (Phi) is 3.60. The minimum atomic E-state index is -0.262. The third kappa shape index (κ3) is 2.88. The minimum Gasteiger partial charge on any atom is -0.497 e. The molecule has 108 valence electrons. The average molecular weight is 302 g/mol. The van der Waals surface area contributed by atoms with Crippen molar-refractivity contribution in [3.05, 3.63) is 64.7 Å². The normalized spacial score (nSPS) is 15.3. The van der Waals surface area contributed by atoms with Gasteiger partial charge < -0.3 is 10.1 Å². The smallest absolute Gasteiger partial charge is 0.251 e. The maximum Gasteiger partial charge on any atom is 0.251 e. The number of amides is 1. The number of carbonyl (C=O) groups excluding carboxylic acids is 1. The Morgan fingerprint density at radius 2 is 1.90 bits per heavy atom. The van der Waals surface area contributed by atoms with Crippen LogP contribution in [0.3, 0.4) is 0 Å². The SMILES string of the molecule is COc1ccc(C(=O)NC2(c3cccc(Cl)c3)CC2)cc1. The van der Waals surface area contributed by atoms with Crippen LogP contribution in [0.15, 0.2) is 48.5 Å². The Morgan fingerprint density at radius 3 is 2.48 bits per heavy atom. The molecule has 1 fully saturated rings. The first-order valence-electron chi connectivity index (χ1n) is 6.86. The number of benzene rings is 2. The van der Waals surface area contributed by atoms with E-state index in [0.717, 1.165) is 24.2 Å². The molecule has 0 saturated heterocycles. The lowest BCUT2D eigenvalue weighted by Crippen LogP contribution is -2.34. The number of hydrogen-bond donors (Lipinski definition) is 1. The molecule has 1 aliphatic rings. The van der Waals surface area contributed by atoms with Crippen LogP contribution in [-0.4, -0.2) is 13.0 Å². The van der Waals surface area contributed by atoms with Crippen LogP contribution in [-0.2, 0) is 5.54 Å². The first-order valence-corrected chi connectivity index (χ1v) is 7.23. The lowest BCUT2D eigenvalue weighted by atomic mass is 10.0. The standard InChI is InChI=1S/C17H16ClNO2/c1-21-15-7-5-12(6-8-15)16(20)19-17(9-10-17)13-3-2-4-14(18)11-13/h2-8,11H,9-10H2,1H3,(H,19,20). The number of halogens is 1. The summed E-state index contributed by atoms with van der Waals surface area (Å²) in [4.78, 5) is 12.4. The van der Waals surface area contributed by atoms with Crippen LogP contribution in [0.25, 0.3) is 0 Å². The predicted octanol–water partition coefficient (Wildman–Crippen LogP) is 3.77. The van der Waals surface area contributed by atoms with Crippen LogP contribution in [0.4, 0.5) is 0 Å². The first kappa shape index (κ1) is 14.0. The van der Waals surface area contributed by atoms with E-state index < -0.39 is 0 Å². The largest absolute Gasteiger partial charge is 0.497 e. The van der Waals surface area contributed by atoms with Gasteiger partial charge in [0.15, 0.2) is 0 Å². The molecule has 0 radical (unpaired) electrons. The Balaban J connectivity index is 1.77. The molecule has 0 heterocycles. The van der Waals surface area contributed by atoms with Gasteiger partial charge in [0.2, 0.25) is 0 Å². The monoisotopic (exact) mass is 301 g/mol. The van der Waals surface area contributed by atoms with E-state index in [2.05, 4.69) is 5.32 Å². The van der Waals surface area contributed by atoms with Crippen molar-refractivity contribution >= 4 is 17.5 Å². The van der Waals surface area contributed by atoms with Gasteiger partial charge in [0.05, 0.1) is 12.6 Å². The van der Waals surface area contributed by atoms with Crippen LogP contribution >= 0.6 is 11.6 Å². The van der Waals surface area contributed by atoms with Crippen molar-refractivity contribution in [2.24, 2.45) is 0 Å². The van der Waals surface area contributed by atoms with Gasteiger partial charge in [-0.25, -0.2) is 0 Å². The van der Waals surface area contributed by atoms with Gasteiger partial charge in [-0.3, -0.25) is 4.79 Å². The molecule has 0 atom stereocenters. The van der Waals surface area contributed by atoms with Gasteiger partial charge in [-0.1, -0.05) is 23.7 Å². The maximum atomic E-state index is 12.4. The Hall–Kier alpha value is -2.00. The van der Waals surface area contributed by atoms with Crippen LogP contribution in [0.5, 0.6) is 5.75 Å². The van der Waals surface area contributed by atoms with Gasteiger partial charge >= 0.3 is 0 Å². The number of rotatable bonds is 4. The predicted molar refractivity (Wildman–Crippen MR) is 82.8 cm³/mol. The first-order chi connectivity index (χ1) is 10.1. The summed E-state index contributed by atoms with van der Waals surface area (Å²) in [5.41, 5.74) is 1.43. The zero-order valence-corrected chi connectivity index (χ0v) is 12.5. The fraction of sp³-hybridized carbons (Fsp3) is 0.235. The number of ether oxygens (including phenoxy) is 1. The van der Waals surface area contributed by atoms with Crippen molar-refractivity contribution in [2.75, 3.05) is 7.11 Å². The zero-order valence-electron chi connectivity index (χ0n) is 11.7. The quantitative estimate of drug-likeness (QED) is 0.933. The molecular formula is C17H16ClNO2. The van der Waals surface area contributed by atoms with E-state index in [1.807, 2.05) is 24.3 Å². The molecule has 1 aliphatic carbocycles. The van der Waals surface area contributed by atoms with Crippen LogP contribution in [0.1, 0.15) is 28.8 Å². The van der Waals surface area contributed by atoms with Crippen LogP contribution in [0, 0.1) is 0 Å². The van der Waals surface area contributed by atoms with Gasteiger partial charge in [-0.05, 0) is 54.8 Å². The molecule has 0 aliphatic heterocycles. The van der Waals surface area contributed by atoms with E-state index in [9.17, 15) is 4.79 Å². The lowest BCUT2D eigenvalue weighted by Gasteiger charge is -2.18. The summed E-state index contributed by atoms with van der Waals surface area (Å²) < 4.78 is 5.10. The van der Waals surface area contributed by atoms with Crippen molar-refractivity contribution in [3.8, 4) is 5.75 Å². The molecule has 1 saturated carbocycles. The van der Waals surface area contributed by atoms with Gasteiger partial charge in [0.25, 0.3) is 5.91 Å². The van der Waals surface area contributed by atoms with Crippen molar-refractivity contribution in [3.63, 3.8) is 0 Å². The van der Waals surface area contributed by atoms with Crippen molar-refractivity contribution in [1.29, 1.82) is 0 Å². The van der Waals surface area contributed by atoms with Crippen molar-refractivity contribution in [2.45, 2.75) is 18.4 Å². The molecule has 21 heavy (non-hydrogen) atoms. The highest BCUT2D eigenvalue weighted by atomic mass is 35.5. The molecule has 4 heteroatoms. The summed E-state index contributed by atoms with van der Waals surface area (Å²) in [7, 11) is 1.60. The maximum absolute atomic E-state index is 12.4. The van der Waals surface area contributed by atoms with E-state index in [1.54, 1.807) is 31.4 Å². The molecule has 0 bridgehead atoms. The summed E-state index contributed by atoms with van der Waals surface area (Å²) in [6.07, 6.45) is 1.88. The summed E-state index contributed by atoms with van der Waals surface area (Å²) >= 11 is 6.04. The van der Waals surface area contributed by atoms with Gasteiger partial charge in [0.1, 0.15) is 5.75 Å². The summed E-state index contributed by atoms with van der Waals surface area (Å²) in [6, 6.07) is 14.8. The molecule has 0 unspecified atom stereocenters. The molecule has 3 nitrogen and oxygen atoms in total. The van der Waals surface area contributed by atoms with E-state index in [1.165, 1.54) is 0 Å². The molecular weight excluding hydrogens is 286 g/mol. The topological polar surface area (TPSA) is 38.3 Å². The fourth-order valence-electron chi connectivity index (χ4n) is 2.43. The molecule has 2 aromatic rings. The summed E-state index contributed by atoms with van der Waals surface area (Å²) in [5, 5.41) is 3.82. The van der Waals surface area contributed by atoms with Crippen molar-refractivity contribution < 1.29 is 9.53 Å². The second-order valence-corrected chi connectivity index (χ2v) is 5.71. The van der Waals surface area contributed by atoms with Crippen LogP contribution in [0.2, 0.25) is 5.02 Å². The van der Waals surface area contributed by atoms with E-state index in [-0.39, 0.29) is 11.4 Å². The second-order valence-electron chi connectivity index (χ2n) is 5.28. The number of carbonyl (C=O) groups is 1. The minimum absolute atomic E-state index is 0.0740. The molecule has 2 aromatic carbocycles. The highest BCUT2D eigenvalue weighted by Crippen LogP contribution is 2.46. The van der Waals surface area contributed by atoms with Gasteiger partial charge in [0, 0.05) is 10.6 Å². The lowest BCUT2D eigenvalue weighted by molar-refractivity contribution is 0.0931. The highest BCUT2D eigenvalue weighted by Gasteiger charge is 2.45. The molecule has 3 rings (SSSR count). The molecule has 1 N–H and O–H groups in total. The molecule has 0 aromatic heterocycles. The molecule has 1 amide bonds. The van der Waals surface area contributed by atoms with Gasteiger partial charge in [-0.2, -0.15) is 0 Å². The summed E-state index contributed by atoms with van der Waals surface area (Å²) in [6.45, 7) is 0. The third-order valence-corrected chi connectivity index (χ3v) is 4.07. The second kappa shape index (κ2) is 5.41. The number of nitrogens with one attached hydrogen (secondary N) is 1. The van der Waals surface area contributed by atoms with Crippen molar-refractivity contribution in [1.82, 2.24) is 5.32 Å². The highest BCUT2D eigenvalue weighted by molar-refractivity contribution is 6.30. The Bertz CT molecular complexity index is 663. The number of hydrogen-bond acceptors (Lipinski definition) is 2.